The third kappa shape index (κ3) is 4.01. The van der Waals surface area contributed by atoms with Crippen molar-refractivity contribution in [3.63, 3.8) is 0 Å². The van der Waals surface area contributed by atoms with Crippen LogP contribution in [0.5, 0.6) is 0 Å². The summed E-state index contributed by atoms with van der Waals surface area (Å²) >= 11 is 0. The Morgan fingerprint density at radius 2 is 2.03 bits per heavy atom. The van der Waals surface area contributed by atoms with Crippen LogP contribution >= 0.6 is 0 Å². The summed E-state index contributed by atoms with van der Waals surface area (Å²) in [7, 11) is 0. The normalized spacial score (nSPS) is 21.0. The van der Waals surface area contributed by atoms with Gasteiger partial charge >= 0.3 is 0 Å². The monoisotopic (exact) mass is 470 g/mol. The average molecular weight is 470 g/mol. The Bertz CT molecular complexity index is 1270. The summed E-state index contributed by atoms with van der Waals surface area (Å²) in [4.78, 5) is 27.5. The highest BCUT2D eigenvalue weighted by Crippen LogP contribution is 2.39. The van der Waals surface area contributed by atoms with Crippen molar-refractivity contribution in [1.29, 1.82) is 0 Å². The lowest BCUT2D eigenvalue weighted by Gasteiger charge is -2.23. The minimum Gasteiger partial charge on any atom is -0.363 e. The van der Waals surface area contributed by atoms with Crippen LogP contribution in [0, 0.1) is 18.2 Å². The Hall–Kier alpha value is -3.43. The van der Waals surface area contributed by atoms with Crippen molar-refractivity contribution in [3.8, 4) is 0 Å². The number of carbonyl (C=O) groups excluding carboxylic acids is 1. The molecule has 2 aliphatic heterocycles. The maximum Gasteiger partial charge on any atom is 0.266 e. The summed E-state index contributed by atoms with van der Waals surface area (Å²) in [5.74, 6) is 0.900. The van der Waals surface area contributed by atoms with Crippen LogP contribution in [-0.2, 0) is 4.79 Å². The average Bonchev–Trinajstić information content (AvgIpc) is 3.38. The van der Waals surface area contributed by atoms with Crippen molar-refractivity contribution in [2.24, 2.45) is 5.41 Å². The number of halogens is 3. The summed E-state index contributed by atoms with van der Waals surface area (Å²) in [6.45, 7) is 5.63. The molecule has 2 N–H and O–H groups in total. The highest BCUT2D eigenvalue weighted by molar-refractivity contribution is 5.90. The quantitative estimate of drug-likeness (QED) is 0.579. The van der Waals surface area contributed by atoms with Gasteiger partial charge in [0.05, 0.1) is 23.3 Å². The maximum absolute atomic E-state index is 14.7. The summed E-state index contributed by atoms with van der Waals surface area (Å²) in [5.41, 5.74) is 0.0697. The van der Waals surface area contributed by atoms with Crippen LogP contribution in [0.3, 0.4) is 0 Å². The van der Waals surface area contributed by atoms with Crippen molar-refractivity contribution in [2.45, 2.75) is 39.2 Å². The fourth-order valence-corrected chi connectivity index (χ4v) is 4.95. The molecule has 4 heterocycles. The molecule has 1 spiro atoms. The minimum atomic E-state index is -2.89. The number of nitrogens with zero attached hydrogens (tertiary/aromatic N) is 4. The molecule has 0 radical (unpaired) electrons. The lowest BCUT2D eigenvalue weighted by atomic mass is 9.86. The van der Waals surface area contributed by atoms with Crippen molar-refractivity contribution >= 4 is 28.4 Å². The number of nitrogens with one attached hydrogen (secondary N) is 2. The Morgan fingerprint density at radius 1 is 1.24 bits per heavy atom. The zero-order valence-electron chi connectivity index (χ0n) is 18.9. The Balaban J connectivity index is 1.46. The molecule has 2 fully saturated rings. The number of rotatable bonds is 5. The van der Waals surface area contributed by atoms with Gasteiger partial charge in [0.1, 0.15) is 23.3 Å². The lowest BCUT2D eigenvalue weighted by molar-refractivity contribution is -0.119. The summed E-state index contributed by atoms with van der Waals surface area (Å²) in [6.07, 6.45) is 0.207. The number of amides is 1. The van der Waals surface area contributed by atoms with Gasteiger partial charge in [-0.15, -0.1) is 0 Å². The molecule has 3 aromatic rings. The van der Waals surface area contributed by atoms with Gasteiger partial charge in [-0.3, -0.25) is 4.79 Å². The van der Waals surface area contributed by atoms with Gasteiger partial charge in [0.25, 0.3) is 6.43 Å². The number of anilines is 2. The molecule has 1 unspecified atom stereocenters. The third-order valence-electron chi connectivity index (χ3n) is 6.75. The highest BCUT2D eigenvalue weighted by Gasteiger charge is 2.44. The van der Waals surface area contributed by atoms with Gasteiger partial charge in [0.15, 0.2) is 0 Å². The number of aromatic nitrogens is 3. The van der Waals surface area contributed by atoms with E-state index >= 15 is 0 Å². The SMILES string of the molecule is Cc1nc(N[C@H](C)c2cccc(C(F)F)c2F)c2cc(N3CCC4(CNC(=O)C4)C3)ncc2n1. The molecular formula is C24H25F3N6O. The molecule has 0 saturated carbocycles. The molecule has 7 nitrogen and oxygen atoms in total. The van der Waals surface area contributed by atoms with Crippen LogP contribution in [0.1, 0.15) is 49.2 Å². The van der Waals surface area contributed by atoms with Crippen molar-refractivity contribution in [3.05, 3.63) is 53.2 Å². The predicted octanol–water partition coefficient (Wildman–Crippen LogP) is 4.30. The van der Waals surface area contributed by atoms with Crippen LogP contribution < -0.4 is 15.5 Å². The van der Waals surface area contributed by atoms with E-state index in [1.54, 1.807) is 20.0 Å². The first kappa shape index (κ1) is 22.4. The maximum atomic E-state index is 14.7. The number of pyridine rings is 1. The molecular weight excluding hydrogens is 445 g/mol. The van der Waals surface area contributed by atoms with Crippen molar-refractivity contribution in [2.75, 3.05) is 29.9 Å². The Labute approximate surface area is 194 Å². The van der Waals surface area contributed by atoms with E-state index < -0.39 is 23.8 Å². The molecule has 1 aromatic carbocycles. The van der Waals surface area contributed by atoms with Crippen LogP contribution in [0.2, 0.25) is 0 Å². The van der Waals surface area contributed by atoms with E-state index in [9.17, 15) is 18.0 Å². The topological polar surface area (TPSA) is 83.0 Å². The van der Waals surface area contributed by atoms with E-state index in [4.69, 9.17) is 0 Å². The van der Waals surface area contributed by atoms with Gasteiger partial charge in [-0.2, -0.15) is 0 Å². The number of alkyl halides is 2. The first-order valence-corrected chi connectivity index (χ1v) is 11.2. The van der Waals surface area contributed by atoms with Crippen LogP contribution in [0.15, 0.2) is 30.5 Å². The van der Waals surface area contributed by atoms with Gasteiger partial charge in [-0.1, -0.05) is 18.2 Å². The second kappa shape index (κ2) is 8.41. The lowest BCUT2D eigenvalue weighted by Crippen LogP contribution is -2.29. The van der Waals surface area contributed by atoms with Gasteiger partial charge in [-0.25, -0.2) is 28.1 Å². The largest absolute Gasteiger partial charge is 0.363 e. The van der Waals surface area contributed by atoms with Crippen LogP contribution in [0.25, 0.3) is 10.9 Å². The molecule has 2 saturated heterocycles. The fourth-order valence-electron chi connectivity index (χ4n) is 4.95. The molecule has 0 aliphatic carbocycles. The number of aryl methyl sites for hydroxylation is 1. The first-order valence-electron chi connectivity index (χ1n) is 11.2. The van der Waals surface area contributed by atoms with Gasteiger partial charge in [0.2, 0.25) is 5.91 Å². The highest BCUT2D eigenvalue weighted by atomic mass is 19.3. The van der Waals surface area contributed by atoms with Crippen molar-refractivity contribution in [1.82, 2.24) is 20.3 Å². The summed E-state index contributed by atoms with van der Waals surface area (Å²) < 4.78 is 41.0. The molecule has 2 aromatic heterocycles. The number of hydrogen-bond donors (Lipinski definition) is 2. The number of benzene rings is 1. The standard InChI is InChI=1S/C24H25F3N6O/c1-13(15-4-3-5-16(21(15)25)22(26)27)30-23-17-8-19(28-10-18(17)31-14(2)32-23)33-7-6-24(12-33)9-20(34)29-11-24/h3-5,8,10,13,22H,6-7,9,11-12H2,1-2H3,(H,29,34)(H,30,31,32)/t13-,24?/m1/s1. The van der Waals surface area contributed by atoms with E-state index in [1.807, 2.05) is 6.07 Å². The van der Waals surface area contributed by atoms with Crippen LogP contribution in [0.4, 0.5) is 24.8 Å². The molecule has 34 heavy (non-hydrogen) atoms. The van der Waals surface area contributed by atoms with Gasteiger partial charge in [-0.05, 0) is 26.3 Å². The zero-order chi connectivity index (χ0) is 24.0. The van der Waals surface area contributed by atoms with Crippen molar-refractivity contribution < 1.29 is 18.0 Å². The number of hydrogen-bond acceptors (Lipinski definition) is 6. The predicted molar refractivity (Wildman–Crippen MR) is 122 cm³/mol. The molecule has 2 aliphatic rings. The molecule has 1 amide bonds. The second-order valence-electron chi connectivity index (χ2n) is 9.22. The molecule has 0 bridgehead atoms. The van der Waals surface area contributed by atoms with Crippen LogP contribution in [-0.4, -0.2) is 40.5 Å². The number of fused-ring (bicyclic) bond motifs is 1. The third-order valence-corrected chi connectivity index (χ3v) is 6.75. The van der Waals surface area contributed by atoms with E-state index in [2.05, 4.69) is 30.5 Å². The number of carbonyl (C=O) groups is 1. The van der Waals surface area contributed by atoms with E-state index in [0.717, 1.165) is 31.4 Å². The second-order valence-corrected chi connectivity index (χ2v) is 9.22. The minimum absolute atomic E-state index is 0.0691. The summed E-state index contributed by atoms with van der Waals surface area (Å²) in [5, 5.41) is 6.82. The molecule has 5 rings (SSSR count). The van der Waals surface area contributed by atoms with Gasteiger partial charge in [0, 0.05) is 42.4 Å². The molecule has 178 valence electrons. The van der Waals surface area contributed by atoms with E-state index in [-0.39, 0.29) is 16.9 Å². The molecule has 2 atom stereocenters. The Morgan fingerprint density at radius 3 is 2.76 bits per heavy atom. The zero-order valence-corrected chi connectivity index (χ0v) is 18.9. The fraction of sp³-hybridized carbons (Fsp3) is 0.417. The first-order chi connectivity index (χ1) is 16.2. The van der Waals surface area contributed by atoms with Gasteiger partial charge < -0.3 is 15.5 Å². The molecule has 10 heteroatoms. The van der Waals surface area contributed by atoms with E-state index in [0.29, 0.717) is 35.5 Å². The smallest absolute Gasteiger partial charge is 0.266 e. The summed E-state index contributed by atoms with van der Waals surface area (Å²) in [6, 6.07) is 5.28. The Kier molecular flexibility index (Phi) is 5.53. The van der Waals surface area contributed by atoms with E-state index in [1.165, 1.54) is 12.1 Å².